The summed E-state index contributed by atoms with van der Waals surface area (Å²) in [6.45, 7) is 2.09. The van der Waals surface area contributed by atoms with Crippen LogP contribution in [0, 0.1) is 0 Å². The van der Waals surface area contributed by atoms with Crippen molar-refractivity contribution in [2.45, 2.75) is 11.4 Å². The Kier molecular flexibility index (Phi) is 5.60. The van der Waals surface area contributed by atoms with E-state index in [2.05, 4.69) is 10.2 Å². The van der Waals surface area contributed by atoms with Gasteiger partial charge >= 0.3 is 0 Å². The summed E-state index contributed by atoms with van der Waals surface area (Å²) in [6, 6.07) is 17.0. The predicted octanol–water partition coefficient (Wildman–Crippen LogP) is 2.81. The summed E-state index contributed by atoms with van der Waals surface area (Å²) in [5.41, 5.74) is 3.77. The Morgan fingerprint density at radius 1 is 0.875 bits per heavy atom. The molecule has 0 unspecified atom stereocenters. The highest BCUT2D eigenvalue weighted by atomic mass is 32.2. The number of aromatic nitrogens is 4. The van der Waals surface area contributed by atoms with Gasteiger partial charge in [0.1, 0.15) is 0 Å². The summed E-state index contributed by atoms with van der Waals surface area (Å²) in [6.07, 6.45) is 7.51. The molecule has 9 heteroatoms. The summed E-state index contributed by atoms with van der Waals surface area (Å²) < 4.78 is 36.3. The van der Waals surface area contributed by atoms with Crippen molar-refractivity contribution >= 4 is 10.0 Å². The van der Waals surface area contributed by atoms with Crippen LogP contribution in [0.15, 0.2) is 84.3 Å². The van der Waals surface area contributed by atoms with E-state index in [4.69, 9.17) is 4.74 Å². The first-order valence-corrected chi connectivity index (χ1v) is 11.8. The number of morpholine rings is 1. The Labute approximate surface area is 186 Å². The maximum absolute atomic E-state index is 12.9. The fraction of sp³-hybridized carbons (Fsp3) is 0.217. The monoisotopic (exact) mass is 449 g/mol. The van der Waals surface area contributed by atoms with Crippen molar-refractivity contribution in [2.75, 3.05) is 26.3 Å². The first-order chi connectivity index (χ1) is 15.6. The maximum Gasteiger partial charge on any atom is 0.243 e. The van der Waals surface area contributed by atoms with Gasteiger partial charge in [0.05, 0.1) is 42.7 Å². The largest absolute Gasteiger partial charge is 0.379 e. The molecule has 0 aliphatic carbocycles. The molecule has 0 atom stereocenters. The third-order valence-electron chi connectivity index (χ3n) is 5.42. The second-order valence-corrected chi connectivity index (χ2v) is 9.54. The SMILES string of the molecule is O=S(=O)(c1cccc(Cn2cc(-c3cnn(-c4ccccc4)c3)cn2)c1)N1CCOCC1. The topological polar surface area (TPSA) is 82.2 Å². The smallest absolute Gasteiger partial charge is 0.243 e. The number of hydrogen-bond acceptors (Lipinski definition) is 5. The van der Waals surface area contributed by atoms with Crippen LogP contribution in [-0.4, -0.2) is 58.6 Å². The minimum atomic E-state index is -3.53. The zero-order chi connectivity index (χ0) is 22.0. The second kappa shape index (κ2) is 8.70. The van der Waals surface area contributed by atoms with Crippen LogP contribution in [0.2, 0.25) is 0 Å². The van der Waals surface area contributed by atoms with Gasteiger partial charge in [-0.25, -0.2) is 13.1 Å². The van der Waals surface area contributed by atoms with Gasteiger partial charge in [-0.15, -0.1) is 0 Å². The van der Waals surface area contributed by atoms with Gasteiger partial charge in [-0.3, -0.25) is 4.68 Å². The van der Waals surface area contributed by atoms with Gasteiger partial charge in [-0.1, -0.05) is 30.3 Å². The molecule has 0 saturated carbocycles. The predicted molar refractivity (Wildman–Crippen MR) is 120 cm³/mol. The highest BCUT2D eigenvalue weighted by Gasteiger charge is 2.26. The van der Waals surface area contributed by atoms with E-state index >= 15 is 0 Å². The van der Waals surface area contributed by atoms with E-state index in [-0.39, 0.29) is 0 Å². The number of para-hydroxylation sites is 1. The Hall–Kier alpha value is -3.27. The van der Waals surface area contributed by atoms with Gasteiger partial charge < -0.3 is 4.74 Å². The zero-order valence-electron chi connectivity index (χ0n) is 17.4. The summed E-state index contributed by atoms with van der Waals surface area (Å²) >= 11 is 0. The number of hydrogen-bond donors (Lipinski definition) is 0. The van der Waals surface area contributed by atoms with Crippen LogP contribution in [0.4, 0.5) is 0 Å². The molecular weight excluding hydrogens is 426 g/mol. The average molecular weight is 450 g/mol. The van der Waals surface area contributed by atoms with Crippen molar-refractivity contribution < 1.29 is 13.2 Å². The van der Waals surface area contributed by atoms with Crippen LogP contribution in [0.3, 0.4) is 0 Å². The molecule has 1 aliphatic rings. The lowest BCUT2D eigenvalue weighted by molar-refractivity contribution is 0.0730. The molecule has 1 saturated heterocycles. The second-order valence-electron chi connectivity index (χ2n) is 7.60. The zero-order valence-corrected chi connectivity index (χ0v) is 18.2. The lowest BCUT2D eigenvalue weighted by Crippen LogP contribution is -2.40. The fourth-order valence-electron chi connectivity index (χ4n) is 3.72. The lowest BCUT2D eigenvalue weighted by Gasteiger charge is -2.26. The molecule has 1 aliphatic heterocycles. The molecule has 5 rings (SSSR count). The van der Waals surface area contributed by atoms with Gasteiger partial charge in [0, 0.05) is 36.6 Å². The number of nitrogens with zero attached hydrogens (tertiary/aromatic N) is 5. The van der Waals surface area contributed by atoms with E-state index in [0.29, 0.717) is 37.7 Å². The lowest BCUT2D eigenvalue weighted by atomic mass is 10.2. The van der Waals surface area contributed by atoms with E-state index in [9.17, 15) is 8.42 Å². The number of benzene rings is 2. The maximum atomic E-state index is 12.9. The molecule has 1 fully saturated rings. The summed E-state index contributed by atoms with van der Waals surface area (Å²) in [7, 11) is -3.53. The Morgan fingerprint density at radius 2 is 1.62 bits per heavy atom. The van der Waals surface area contributed by atoms with Gasteiger partial charge in [0.15, 0.2) is 0 Å². The first-order valence-electron chi connectivity index (χ1n) is 10.4. The molecule has 32 heavy (non-hydrogen) atoms. The summed E-state index contributed by atoms with van der Waals surface area (Å²) in [5, 5.41) is 8.89. The summed E-state index contributed by atoms with van der Waals surface area (Å²) in [5.74, 6) is 0. The number of rotatable bonds is 6. The molecular formula is C23H23N5O3S. The molecule has 0 spiro atoms. The first kappa shape index (κ1) is 20.6. The highest BCUT2D eigenvalue weighted by Crippen LogP contribution is 2.21. The van der Waals surface area contributed by atoms with E-state index in [0.717, 1.165) is 22.4 Å². The van der Waals surface area contributed by atoms with Gasteiger partial charge in [0.25, 0.3) is 0 Å². The molecule has 4 aromatic rings. The van der Waals surface area contributed by atoms with Crippen molar-refractivity contribution in [3.8, 4) is 16.8 Å². The van der Waals surface area contributed by atoms with E-state index < -0.39 is 10.0 Å². The molecule has 0 N–H and O–H groups in total. The Bertz CT molecular complexity index is 1310. The minimum absolute atomic E-state index is 0.299. The Morgan fingerprint density at radius 3 is 2.44 bits per heavy atom. The van der Waals surface area contributed by atoms with Crippen LogP contribution in [0.25, 0.3) is 16.8 Å². The number of sulfonamides is 1. The molecule has 0 bridgehead atoms. The molecule has 2 aromatic carbocycles. The quantitative estimate of drug-likeness (QED) is 0.452. The highest BCUT2D eigenvalue weighted by molar-refractivity contribution is 7.89. The third kappa shape index (κ3) is 4.22. The molecule has 8 nitrogen and oxygen atoms in total. The fourth-order valence-corrected chi connectivity index (χ4v) is 5.20. The van der Waals surface area contributed by atoms with Crippen molar-refractivity contribution in [2.24, 2.45) is 0 Å². The summed E-state index contributed by atoms with van der Waals surface area (Å²) in [4.78, 5) is 0.299. The van der Waals surface area contributed by atoms with E-state index in [1.165, 1.54) is 4.31 Å². The molecule has 2 aromatic heterocycles. The van der Waals surface area contributed by atoms with Gasteiger partial charge in [0.2, 0.25) is 10.0 Å². The molecule has 164 valence electrons. The molecule has 0 radical (unpaired) electrons. The van der Waals surface area contributed by atoms with Crippen LogP contribution in [-0.2, 0) is 21.3 Å². The molecule has 0 amide bonds. The van der Waals surface area contributed by atoms with Crippen LogP contribution in [0.1, 0.15) is 5.56 Å². The standard InChI is InChI=1S/C23H23N5O3S/c29-32(30,27-9-11-31-12-10-27)23-8-4-5-19(13-23)16-26-17-20(14-24-26)21-15-25-28(18-21)22-6-2-1-3-7-22/h1-8,13-15,17-18H,9-12,16H2. The average Bonchev–Trinajstić information content (AvgIpc) is 3.50. The van der Waals surface area contributed by atoms with Crippen molar-refractivity contribution in [1.29, 1.82) is 0 Å². The van der Waals surface area contributed by atoms with Crippen molar-refractivity contribution in [3.63, 3.8) is 0 Å². The van der Waals surface area contributed by atoms with Crippen LogP contribution < -0.4 is 0 Å². The normalized spacial score (nSPS) is 15.1. The van der Waals surface area contributed by atoms with Crippen LogP contribution in [0.5, 0.6) is 0 Å². The van der Waals surface area contributed by atoms with Crippen molar-refractivity contribution in [3.05, 3.63) is 84.9 Å². The van der Waals surface area contributed by atoms with Gasteiger partial charge in [-0.05, 0) is 29.8 Å². The van der Waals surface area contributed by atoms with Crippen molar-refractivity contribution in [1.82, 2.24) is 23.9 Å². The van der Waals surface area contributed by atoms with E-state index in [1.807, 2.05) is 59.7 Å². The van der Waals surface area contributed by atoms with Crippen LogP contribution >= 0.6 is 0 Å². The van der Waals surface area contributed by atoms with E-state index in [1.54, 1.807) is 29.1 Å². The Balaban J connectivity index is 1.33. The third-order valence-corrected chi connectivity index (χ3v) is 7.32. The van der Waals surface area contributed by atoms with Gasteiger partial charge in [-0.2, -0.15) is 14.5 Å². The minimum Gasteiger partial charge on any atom is -0.379 e. The number of ether oxygens (including phenoxy) is 1. The molecule has 3 heterocycles.